The molecule has 3 aromatic rings. The average molecular weight is 482 g/mol. The molecular weight excluding hydrogens is 449 g/mol. The number of amides is 1. The number of ether oxygens (including phenoxy) is 1. The van der Waals surface area contributed by atoms with Crippen LogP contribution in [0.15, 0.2) is 30.3 Å². The second kappa shape index (κ2) is 9.91. The highest BCUT2D eigenvalue weighted by atomic mass is 19.1. The summed E-state index contributed by atoms with van der Waals surface area (Å²) in [4.78, 5) is 22.5. The van der Waals surface area contributed by atoms with E-state index in [0.29, 0.717) is 56.8 Å². The maximum Gasteiger partial charge on any atom is 0.272 e. The topological polar surface area (TPSA) is 83.7 Å². The molecule has 4 heterocycles. The van der Waals surface area contributed by atoms with Gasteiger partial charge in [0.2, 0.25) is 0 Å². The van der Waals surface area contributed by atoms with Crippen LogP contribution in [0.2, 0.25) is 0 Å². The quantitative estimate of drug-likeness (QED) is 0.582. The molecule has 9 heteroatoms. The molecule has 1 aromatic carbocycles. The molecule has 2 aromatic heterocycles. The maximum absolute atomic E-state index is 14.0. The number of hydrogen-bond acceptors (Lipinski definition) is 6. The molecule has 2 aliphatic heterocycles. The summed E-state index contributed by atoms with van der Waals surface area (Å²) in [5.74, 6) is 0.295. The highest BCUT2D eigenvalue weighted by molar-refractivity contribution is 5.93. The minimum absolute atomic E-state index is 0.00984. The highest BCUT2D eigenvalue weighted by Crippen LogP contribution is 2.29. The lowest BCUT2D eigenvalue weighted by Gasteiger charge is -2.33. The summed E-state index contributed by atoms with van der Waals surface area (Å²) in [7, 11) is 1.78. The first-order valence-corrected chi connectivity index (χ1v) is 12.3. The van der Waals surface area contributed by atoms with E-state index in [2.05, 4.69) is 10.00 Å². The van der Waals surface area contributed by atoms with Gasteiger partial charge >= 0.3 is 0 Å². The van der Waals surface area contributed by atoms with Crippen molar-refractivity contribution < 1.29 is 19.0 Å². The minimum Gasteiger partial charge on any atom is -0.393 e. The minimum atomic E-state index is -0.334. The summed E-state index contributed by atoms with van der Waals surface area (Å²) >= 11 is 0. The Balaban J connectivity index is 1.53. The number of carbonyl (C=O) groups is 1. The molecule has 0 saturated carbocycles. The van der Waals surface area contributed by atoms with Crippen LogP contribution in [0.3, 0.4) is 0 Å². The first kappa shape index (κ1) is 23.7. The van der Waals surface area contributed by atoms with Crippen molar-refractivity contribution in [2.24, 2.45) is 7.05 Å². The number of fused-ring (bicyclic) bond motifs is 1. The van der Waals surface area contributed by atoms with Crippen molar-refractivity contribution in [1.82, 2.24) is 19.7 Å². The van der Waals surface area contributed by atoms with E-state index in [4.69, 9.17) is 9.72 Å². The number of aliphatic hydroxyl groups excluding tert-OH is 1. The Morgan fingerprint density at radius 3 is 2.71 bits per heavy atom. The van der Waals surface area contributed by atoms with E-state index in [1.807, 2.05) is 17.9 Å². The summed E-state index contributed by atoms with van der Waals surface area (Å²) in [6.45, 7) is 4.71. The monoisotopic (exact) mass is 481 g/mol. The van der Waals surface area contributed by atoms with E-state index >= 15 is 0 Å². The van der Waals surface area contributed by atoms with Crippen LogP contribution in [0, 0.1) is 12.7 Å². The van der Waals surface area contributed by atoms with Gasteiger partial charge in [-0.25, -0.2) is 9.37 Å². The lowest BCUT2D eigenvalue weighted by molar-refractivity contribution is 0.0499. The number of piperidine rings is 1. The van der Waals surface area contributed by atoms with E-state index in [9.17, 15) is 14.3 Å². The fourth-order valence-electron chi connectivity index (χ4n) is 5.07. The summed E-state index contributed by atoms with van der Waals surface area (Å²) in [5.41, 5.74) is 2.79. The third-order valence-electron chi connectivity index (χ3n) is 6.92. The van der Waals surface area contributed by atoms with Gasteiger partial charge < -0.3 is 19.6 Å². The van der Waals surface area contributed by atoms with E-state index in [0.717, 1.165) is 35.3 Å². The summed E-state index contributed by atoms with van der Waals surface area (Å²) in [5, 5.41) is 15.2. The SMILES string of the molecule is Cc1cc(C(=O)N(Cc2cc3ccc(F)cc3nc2N2CCC(O)CC2)CC2CCCO2)n(C)n1. The number of aryl methyl sites for hydroxylation is 2. The number of aromatic nitrogens is 3. The molecule has 1 unspecified atom stereocenters. The molecule has 0 spiro atoms. The summed E-state index contributed by atoms with van der Waals surface area (Å²) in [6.07, 6.45) is 2.87. The summed E-state index contributed by atoms with van der Waals surface area (Å²) < 4.78 is 21.5. The van der Waals surface area contributed by atoms with Gasteiger partial charge in [0.25, 0.3) is 5.91 Å². The number of benzene rings is 1. The molecule has 5 rings (SSSR count). The van der Waals surface area contributed by atoms with Gasteiger partial charge in [-0.2, -0.15) is 5.10 Å². The number of hydrogen-bond donors (Lipinski definition) is 1. The molecule has 1 amide bonds. The Kier molecular flexibility index (Phi) is 6.71. The molecular formula is C26H32FN5O3. The third kappa shape index (κ3) is 5.16. The van der Waals surface area contributed by atoms with Gasteiger partial charge in [0.05, 0.1) is 23.4 Å². The fraction of sp³-hybridized carbons (Fsp3) is 0.500. The summed E-state index contributed by atoms with van der Waals surface area (Å²) in [6, 6.07) is 8.40. The second-order valence-electron chi connectivity index (χ2n) is 9.64. The number of aliphatic hydroxyl groups is 1. The Hall–Kier alpha value is -3.04. The van der Waals surface area contributed by atoms with Gasteiger partial charge in [0, 0.05) is 56.8 Å². The molecule has 2 fully saturated rings. The van der Waals surface area contributed by atoms with Crippen molar-refractivity contribution >= 4 is 22.6 Å². The Morgan fingerprint density at radius 2 is 2.03 bits per heavy atom. The van der Waals surface area contributed by atoms with Crippen LogP contribution in [0.25, 0.3) is 10.9 Å². The molecule has 0 aliphatic carbocycles. The molecule has 1 N–H and O–H groups in total. The van der Waals surface area contributed by atoms with Crippen LogP contribution < -0.4 is 4.90 Å². The van der Waals surface area contributed by atoms with Crippen molar-refractivity contribution in [2.75, 3.05) is 31.1 Å². The van der Waals surface area contributed by atoms with Crippen molar-refractivity contribution in [1.29, 1.82) is 0 Å². The first-order valence-electron chi connectivity index (χ1n) is 12.3. The van der Waals surface area contributed by atoms with Gasteiger partial charge in [-0.05, 0) is 56.9 Å². The number of halogens is 1. The smallest absolute Gasteiger partial charge is 0.272 e. The Bertz CT molecular complexity index is 1220. The lowest BCUT2D eigenvalue weighted by atomic mass is 10.1. The molecule has 186 valence electrons. The maximum atomic E-state index is 14.0. The molecule has 1 atom stereocenters. The molecule has 35 heavy (non-hydrogen) atoms. The standard InChI is InChI=1S/C26H32FN5O3/c1-17-12-24(30(2)29-17)26(34)32(16-22-4-3-11-35-22)15-19-13-18-5-6-20(27)14-23(18)28-25(19)31-9-7-21(33)8-10-31/h5-6,12-14,21-22,33H,3-4,7-11,15-16H2,1-2H3. The van der Waals surface area contributed by atoms with Crippen LogP contribution >= 0.6 is 0 Å². The Labute approximate surface area is 204 Å². The van der Waals surface area contributed by atoms with Crippen molar-refractivity contribution in [3.8, 4) is 0 Å². The van der Waals surface area contributed by atoms with Crippen LogP contribution in [-0.4, -0.2) is 69.1 Å². The zero-order valence-electron chi connectivity index (χ0n) is 20.3. The first-order chi connectivity index (χ1) is 16.9. The van der Waals surface area contributed by atoms with Crippen molar-refractivity contribution in [3.63, 3.8) is 0 Å². The molecule has 8 nitrogen and oxygen atoms in total. The lowest BCUT2D eigenvalue weighted by Crippen LogP contribution is -2.40. The Morgan fingerprint density at radius 1 is 1.23 bits per heavy atom. The molecule has 0 radical (unpaired) electrons. The second-order valence-corrected chi connectivity index (χ2v) is 9.64. The van der Waals surface area contributed by atoms with E-state index < -0.39 is 0 Å². The van der Waals surface area contributed by atoms with Gasteiger partial charge in [0.15, 0.2) is 0 Å². The largest absolute Gasteiger partial charge is 0.393 e. The number of carbonyl (C=O) groups excluding carboxylic acids is 1. The number of anilines is 1. The van der Waals surface area contributed by atoms with E-state index in [-0.39, 0.29) is 23.9 Å². The van der Waals surface area contributed by atoms with E-state index in [1.54, 1.807) is 23.9 Å². The van der Waals surface area contributed by atoms with Crippen molar-refractivity contribution in [2.45, 2.75) is 51.4 Å². The molecule has 0 bridgehead atoms. The highest BCUT2D eigenvalue weighted by Gasteiger charge is 2.28. The third-order valence-corrected chi connectivity index (χ3v) is 6.92. The van der Waals surface area contributed by atoms with Crippen molar-refractivity contribution in [3.05, 3.63) is 53.1 Å². The normalized spacial score (nSPS) is 19.0. The van der Waals surface area contributed by atoms with Crippen LogP contribution in [0.4, 0.5) is 10.2 Å². The average Bonchev–Trinajstić information content (AvgIpc) is 3.47. The number of pyridine rings is 1. The number of nitrogens with zero attached hydrogens (tertiary/aromatic N) is 5. The van der Waals surface area contributed by atoms with Gasteiger partial charge in [-0.1, -0.05) is 0 Å². The van der Waals surface area contributed by atoms with Crippen LogP contribution in [0.1, 0.15) is 47.4 Å². The molecule has 2 aliphatic rings. The predicted octanol–water partition coefficient (Wildman–Crippen LogP) is 3.20. The zero-order valence-corrected chi connectivity index (χ0v) is 20.3. The van der Waals surface area contributed by atoms with E-state index in [1.165, 1.54) is 12.1 Å². The van der Waals surface area contributed by atoms with Crippen LogP contribution in [0.5, 0.6) is 0 Å². The fourth-order valence-corrected chi connectivity index (χ4v) is 5.07. The molecule has 2 saturated heterocycles. The van der Waals surface area contributed by atoms with Gasteiger partial charge in [-0.3, -0.25) is 9.48 Å². The zero-order chi connectivity index (χ0) is 24.5. The number of rotatable bonds is 6. The predicted molar refractivity (Wildman–Crippen MR) is 131 cm³/mol. The van der Waals surface area contributed by atoms with Gasteiger partial charge in [0.1, 0.15) is 17.3 Å². The van der Waals surface area contributed by atoms with Gasteiger partial charge in [-0.15, -0.1) is 0 Å². The van der Waals surface area contributed by atoms with Crippen LogP contribution in [-0.2, 0) is 18.3 Å².